The van der Waals surface area contributed by atoms with Gasteiger partial charge in [-0.1, -0.05) is 0 Å². The summed E-state index contributed by atoms with van der Waals surface area (Å²) in [5.74, 6) is -0.200. The van der Waals surface area contributed by atoms with Gasteiger partial charge in [0.1, 0.15) is 12.3 Å². The van der Waals surface area contributed by atoms with Crippen LogP contribution in [0.25, 0.3) is 0 Å². The van der Waals surface area contributed by atoms with Gasteiger partial charge in [0.05, 0.1) is 0 Å². The van der Waals surface area contributed by atoms with Crippen molar-refractivity contribution in [3.8, 4) is 0 Å². The van der Waals surface area contributed by atoms with E-state index in [9.17, 15) is 14.4 Å². The second-order valence-electron chi connectivity index (χ2n) is 2.81. The highest BCUT2D eigenvalue weighted by molar-refractivity contribution is 5.83. The van der Waals surface area contributed by atoms with Gasteiger partial charge in [-0.05, 0) is 6.42 Å². The molecule has 0 fully saturated rings. The number of rotatable bonds is 6. The minimum Gasteiger partial charge on any atom is -0.347 e. The van der Waals surface area contributed by atoms with Gasteiger partial charge in [0.25, 0.3) is 0 Å². The van der Waals surface area contributed by atoms with Gasteiger partial charge in [-0.3, -0.25) is 9.59 Å². The standard InChI is InChI=1S/C8H14N2O3/c1-10(2)8(13)7(9-6-12)4-3-5-11/h5-7H,3-4H2,1-2H3,(H,9,12). The average Bonchev–Trinajstić information content (AvgIpc) is 2.11. The summed E-state index contributed by atoms with van der Waals surface area (Å²) in [5.41, 5.74) is 0. The summed E-state index contributed by atoms with van der Waals surface area (Å²) < 4.78 is 0. The Labute approximate surface area is 77.1 Å². The predicted octanol–water partition coefficient (Wildman–Crippen LogP) is -0.832. The van der Waals surface area contributed by atoms with Crippen LogP contribution in [0, 0.1) is 0 Å². The molecule has 0 aliphatic heterocycles. The molecule has 0 aliphatic rings. The van der Waals surface area contributed by atoms with E-state index in [2.05, 4.69) is 5.32 Å². The SMILES string of the molecule is CN(C)C(=O)C(CCC=O)NC=O. The summed E-state index contributed by atoms with van der Waals surface area (Å²) >= 11 is 0. The Balaban J connectivity index is 4.13. The highest BCUT2D eigenvalue weighted by Crippen LogP contribution is 1.97. The van der Waals surface area contributed by atoms with Crippen molar-refractivity contribution in [3.63, 3.8) is 0 Å². The van der Waals surface area contributed by atoms with E-state index < -0.39 is 6.04 Å². The third-order valence-corrected chi connectivity index (χ3v) is 1.58. The van der Waals surface area contributed by atoms with Gasteiger partial charge in [0.2, 0.25) is 12.3 Å². The first kappa shape index (κ1) is 11.6. The maximum Gasteiger partial charge on any atom is 0.244 e. The zero-order valence-corrected chi connectivity index (χ0v) is 7.82. The number of likely N-dealkylation sites (N-methyl/N-ethyl adjacent to an activating group) is 1. The molecule has 1 unspecified atom stereocenters. The lowest BCUT2D eigenvalue weighted by Crippen LogP contribution is -2.43. The van der Waals surface area contributed by atoms with Gasteiger partial charge in [-0.2, -0.15) is 0 Å². The van der Waals surface area contributed by atoms with E-state index in [1.807, 2.05) is 0 Å². The highest BCUT2D eigenvalue weighted by Gasteiger charge is 2.18. The lowest BCUT2D eigenvalue weighted by molar-refractivity contribution is -0.132. The van der Waals surface area contributed by atoms with Gasteiger partial charge in [-0.15, -0.1) is 0 Å². The van der Waals surface area contributed by atoms with Crippen LogP contribution < -0.4 is 5.32 Å². The topological polar surface area (TPSA) is 66.5 Å². The van der Waals surface area contributed by atoms with Crippen molar-refractivity contribution in [3.05, 3.63) is 0 Å². The Morgan fingerprint density at radius 1 is 1.46 bits per heavy atom. The van der Waals surface area contributed by atoms with E-state index >= 15 is 0 Å². The minimum atomic E-state index is -0.585. The molecule has 0 radical (unpaired) electrons. The van der Waals surface area contributed by atoms with Gasteiger partial charge >= 0.3 is 0 Å². The minimum absolute atomic E-state index is 0.200. The highest BCUT2D eigenvalue weighted by atomic mass is 16.2. The number of carbonyl (C=O) groups is 3. The first-order valence-corrected chi connectivity index (χ1v) is 3.98. The van der Waals surface area contributed by atoms with Crippen LogP contribution in [-0.2, 0) is 14.4 Å². The fourth-order valence-electron chi connectivity index (χ4n) is 0.907. The third-order valence-electron chi connectivity index (χ3n) is 1.58. The van der Waals surface area contributed by atoms with Crippen LogP contribution in [0.1, 0.15) is 12.8 Å². The van der Waals surface area contributed by atoms with Crippen LogP contribution in [0.2, 0.25) is 0 Å². The monoisotopic (exact) mass is 186 g/mol. The zero-order valence-electron chi connectivity index (χ0n) is 7.82. The Hall–Kier alpha value is -1.39. The fourth-order valence-corrected chi connectivity index (χ4v) is 0.907. The molecule has 0 rings (SSSR count). The smallest absolute Gasteiger partial charge is 0.244 e. The second kappa shape index (κ2) is 6.16. The number of amides is 2. The van der Waals surface area contributed by atoms with Crippen molar-refractivity contribution < 1.29 is 14.4 Å². The number of hydrogen-bond donors (Lipinski definition) is 1. The molecule has 13 heavy (non-hydrogen) atoms. The van der Waals surface area contributed by atoms with Gasteiger partial charge in [0, 0.05) is 20.5 Å². The lowest BCUT2D eigenvalue weighted by Gasteiger charge is -2.18. The van der Waals surface area contributed by atoms with Crippen LogP contribution in [0.5, 0.6) is 0 Å². The zero-order chi connectivity index (χ0) is 10.3. The van der Waals surface area contributed by atoms with Gasteiger partial charge in [-0.25, -0.2) is 0 Å². The molecule has 5 nitrogen and oxygen atoms in total. The molecular weight excluding hydrogens is 172 g/mol. The molecule has 74 valence electrons. The first-order valence-electron chi connectivity index (χ1n) is 3.98. The number of nitrogens with one attached hydrogen (secondary N) is 1. The number of aldehydes is 1. The molecule has 0 aromatic carbocycles. The molecule has 0 aromatic heterocycles. The molecule has 1 N–H and O–H groups in total. The van der Waals surface area contributed by atoms with E-state index in [1.165, 1.54) is 4.90 Å². The normalized spacial score (nSPS) is 11.5. The summed E-state index contributed by atoms with van der Waals surface area (Å²) in [6.07, 6.45) is 1.81. The van der Waals surface area contributed by atoms with Gasteiger partial charge < -0.3 is 15.0 Å². The Morgan fingerprint density at radius 3 is 2.46 bits per heavy atom. The van der Waals surface area contributed by atoms with Crippen LogP contribution >= 0.6 is 0 Å². The first-order chi connectivity index (χ1) is 6.13. The molecule has 0 saturated carbocycles. The van der Waals surface area contributed by atoms with Crippen LogP contribution in [0.15, 0.2) is 0 Å². The summed E-state index contributed by atoms with van der Waals surface area (Å²) in [6.45, 7) is 0. The summed E-state index contributed by atoms with van der Waals surface area (Å²) in [6, 6.07) is -0.585. The Morgan fingerprint density at radius 2 is 2.08 bits per heavy atom. The quantitative estimate of drug-likeness (QED) is 0.550. The van der Waals surface area contributed by atoms with E-state index in [4.69, 9.17) is 0 Å². The van der Waals surface area contributed by atoms with Crippen molar-refractivity contribution >= 4 is 18.6 Å². The van der Waals surface area contributed by atoms with Crippen molar-refractivity contribution in [2.24, 2.45) is 0 Å². The average molecular weight is 186 g/mol. The molecule has 2 amide bonds. The van der Waals surface area contributed by atoms with Gasteiger partial charge in [0.15, 0.2) is 0 Å². The summed E-state index contributed by atoms with van der Waals surface area (Å²) in [5, 5.41) is 2.37. The van der Waals surface area contributed by atoms with E-state index in [1.54, 1.807) is 14.1 Å². The molecule has 0 saturated heterocycles. The molecule has 0 aromatic rings. The Bertz CT molecular complexity index is 192. The fraction of sp³-hybridized carbons (Fsp3) is 0.625. The maximum atomic E-state index is 11.3. The number of hydrogen-bond acceptors (Lipinski definition) is 3. The Kier molecular flexibility index (Phi) is 5.50. The van der Waals surface area contributed by atoms with Crippen LogP contribution in [0.3, 0.4) is 0 Å². The van der Waals surface area contributed by atoms with E-state index in [-0.39, 0.29) is 12.3 Å². The molecule has 0 spiro atoms. The summed E-state index contributed by atoms with van der Waals surface area (Å²) in [7, 11) is 3.20. The van der Waals surface area contributed by atoms with Crippen molar-refractivity contribution in [2.45, 2.75) is 18.9 Å². The summed E-state index contributed by atoms with van der Waals surface area (Å²) in [4.78, 5) is 32.9. The van der Waals surface area contributed by atoms with Crippen molar-refractivity contribution in [1.29, 1.82) is 0 Å². The lowest BCUT2D eigenvalue weighted by atomic mass is 10.1. The molecule has 0 bridgehead atoms. The second-order valence-corrected chi connectivity index (χ2v) is 2.81. The van der Waals surface area contributed by atoms with Crippen LogP contribution in [0.4, 0.5) is 0 Å². The third kappa shape index (κ3) is 4.25. The molecule has 0 aliphatic carbocycles. The maximum absolute atomic E-state index is 11.3. The molecule has 0 heterocycles. The number of carbonyl (C=O) groups excluding carboxylic acids is 3. The van der Waals surface area contributed by atoms with E-state index in [0.717, 1.165) is 6.29 Å². The largest absolute Gasteiger partial charge is 0.347 e. The molecule has 5 heteroatoms. The van der Waals surface area contributed by atoms with Crippen molar-refractivity contribution in [1.82, 2.24) is 10.2 Å². The van der Waals surface area contributed by atoms with E-state index in [0.29, 0.717) is 12.8 Å². The van der Waals surface area contributed by atoms with Crippen LogP contribution in [-0.4, -0.2) is 43.6 Å². The number of nitrogens with zero attached hydrogens (tertiary/aromatic N) is 1. The van der Waals surface area contributed by atoms with Crippen molar-refractivity contribution in [2.75, 3.05) is 14.1 Å². The molecular formula is C8H14N2O3. The molecule has 1 atom stereocenters. The predicted molar refractivity (Wildman–Crippen MR) is 47.0 cm³/mol.